The molecule has 0 saturated heterocycles. The van der Waals surface area contributed by atoms with Crippen LogP contribution in [0.15, 0.2) is 48.5 Å². The van der Waals surface area contributed by atoms with Gasteiger partial charge in [0.1, 0.15) is 11.6 Å². The molecular weight excluding hydrogens is 364 g/mol. The van der Waals surface area contributed by atoms with Crippen LogP contribution in [0.25, 0.3) is 0 Å². The van der Waals surface area contributed by atoms with E-state index < -0.39 is 0 Å². The minimum atomic E-state index is 0.0676. The van der Waals surface area contributed by atoms with Gasteiger partial charge < -0.3 is 15.4 Å². The SMILES string of the molecule is COc1ccccc1Nc1nc(Nc2ccc(C)cc2)nc2c1C(=O)CC(C)C2. The lowest BCUT2D eigenvalue weighted by Gasteiger charge is -2.23. The van der Waals surface area contributed by atoms with Crippen molar-refractivity contribution >= 4 is 28.9 Å². The monoisotopic (exact) mass is 388 g/mol. The van der Waals surface area contributed by atoms with Crippen LogP contribution in [0.3, 0.4) is 0 Å². The molecule has 0 radical (unpaired) electrons. The average Bonchev–Trinajstić information content (AvgIpc) is 2.69. The first-order chi connectivity index (χ1) is 14.0. The zero-order chi connectivity index (χ0) is 20.4. The van der Waals surface area contributed by atoms with Crippen molar-refractivity contribution < 1.29 is 9.53 Å². The number of carbonyl (C=O) groups excluding carboxylic acids is 1. The number of methoxy groups -OCH3 is 1. The molecule has 3 aromatic rings. The van der Waals surface area contributed by atoms with Crippen LogP contribution < -0.4 is 15.4 Å². The maximum Gasteiger partial charge on any atom is 0.229 e. The van der Waals surface area contributed by atoms with Gasteiger partial charge in [0.15, 0.2) is 5.78 Å². The number of rotatable bonds is 5. The van der Waals surface area contributed by atoms with Gasteiger partial charge >= 0.3 is 0 Å². The van der Waals surface area contributed by atoms with Crippen LogP contribution >= 0.6 is 0 Å². The fourth-order valence-corrected chi connectivity index (χ4v) is 3.56. The Morgan fingerprint density at radius 2 is 1.76 bits per heavy atom. The first-order valence-electron chi connectivity index (χ1n) is 9.71. The van der Waals surface area contributed by atoms with E-state index in [-0.39, 0.29) is 11.7 Å². The summed E-state index contributed by atoms with van der Waals surface area (Å²) in [5.41, 5.74) is 4.18. The molecule has 2 aromatic carbocycles. The third-order valence-electron chi connectivity index (χ3n) is 5.01. The van der Waals surface area contributed by atoms with Crippen LogP contribution in [0.5, 0.6) is 5.75 Å². The molecule has 4 rings (SSSR count). The number of para-hydroxylation sites is 2. The smallest absolute Gasteiger partial charge is 0.229 e. The Bertz CT molecular complexity index is 1050. The van der Waals surface area contributed by atoms with Crippen LogP contribution in [0.1, 0.15) is 35.0 Å². The highest BCUT2D eigenvalue weighted by molar-refractivity contribution is 6.03. The van der Waals surface area contributed by atoms with E-state index in [4.69, 9.17) is 4.74 Å². The number of nitrogens with one attached hydrogen (secondary N) is 2. The van der Waals surface area contributed by atoms with Gasteiger partial charge in [-0.25, -0.2) is 4.98 Å². The van der Waals surface area contributed by atoms with Crippen LogP contribution in [0, 0.1) is 12.8 Å². The predicted octanol–water partition coefficient (Wildman–Crippen LogP) is 5.05. The molecule has 0 fully saturated rings. The van der Waals surface area contributed by atoms with Gasteiger partial charge in [0.2, 0.25) is 5.95 Å². The second kappa shape index (κ2) is 7.91. The lowest BCUT2D eigenvalue weighted by molar-refractivity contribution is 0.0952. The van der Waals surface area contributed by atoms with Crippen molar-refractivity contribution in [3.05, 3.63) is 65.4 Å². The van der Waals surface area contributed by atoms with Crippen LogP contribution in [-0.4, -0.2) is 22.9 Å². The number of ketones is 1. The van der Waals surface area contributed by atoms with Crippen molar-refractivity contribution in [2.75, 3.05) is 17.7 Å². The van der Waals surface area contributed by atoms with Crippen LogP contribution in [0.2, 0.25) is 0 Å². The highest BCUT2D eigenvalue weighted by Crippen LogP contribution is 2.34. The van der Waals surface area contributed by atoms with Crippen molar-refractivity contribution in [2.24, 2.45) is 5.92 Å². The number of ether oxygens (including phenoxy) is 1. The summed E-state index contributed by atoms with van der Waals surface area (Å²) in [7, 11) is 1.62. The molecule has 1 aliphatic rings. The lowest BCUT2D eigenvalue weighted by atomic mass is 9.87. The largest absolute Gasteiger partial charge is 0.495 e. The average molecular weight is 388 g/mol. The molecule has 0 amide bonds. The third-order valence-corrected chi connectivity index (χ3v) is 5.01. The Kier molecular flexibility index (Phi) is 5.16. The van der Waals surface area contributed by atoms with Crippen LogP contribution in [0.4, 0.5) is 23.1 Å². The number of hydrogen-bond donors (Lipinski definition) is 2. The molecule has 1 aromatic heterocycles. The molecule has 0 saturated carbocycles. The molecule has 6 nitrogen and oxygen atoms in total. The number of Topliss-reactive ketones (excluding diaryl/α,β-unsaturated/α-hetero) is 1. The van der Waals surface area contributed by atoms with E-state index in [1.54, 1.807) is 7.11 Å². The molecule has 148 valence electrons. The first-order valence-corrected chi connectivity index (χ1v) is 9.71. The van der Waals surface area contributed by atoms with Gasteiger partial charge in [0, 0.05) is 12.1 Å². The fourth-order valence-electron chi connectivity index (χ4n) is 3.56. The van der Waals surface area contributed by atoms with E-state index in [0.717, 1.165) is 23.5 Å². The standard InChI is InChI=1S/C23H24N4O2/c1-14-8-10-16(11-9-14)24-23-26-18-12-15(2)13-19(28)21(18)22(27-23)25-17-6-4-5-7-20(17)29-3/h4-11,15H,12-13H2,1-3H3,(H2,24,25,26,27). The first kappa shape index (κ1) is 18.9. The minimum Gasteiger partial charge on any atom is -0.495 e. The fraction of sp³-hybridized carbons (Fsp3) is 0.261. The molecule has 0 aliphatic heterocycles. The molecule has 2 N–H and O–H groups in total. The summed E-state index contributed by atoms with van der Waals surface area (Å²) >= 11 is 0. The van der Waals surface area contributed by atoms with Gasteiger partial charge in [-0.3, -0.25) is 4.79 Å². The summed E-state index contributed by atoms with van der Waals surface area (Å²) in [5, 5.41) is 6.56. The van der Waals surface area contributed by atoms with Gasteiger partial charge in [0.25, 0.3) is 0 Å². The maximum absolute atomic E-state index is 12.8. The Morgan fingerprint density at radius 1 is 1.00 bits per heavy atom. The van der Waals surface area contributed by atoms with Gasteiger partial charge in [-0.1, -0.05) is 36.8 Å². The number of aryl methyl sites for hydroxylation is 1. The van der Waals surface area contributed by atoms with Gasteiger partial charge in [-0.2, -0.15) is 4.98 Å². The zero-order valence-corrected chi connectivity index (χ0v) is 16.8. The number of nitrogens with zero attached hydrogens (tertiary/aromatic N) is 2. The Hall–Kier alpha value is -3.41. The topological polar surface area (TPSA) is 76.1 Å². The third kappa shape index (κ3) is 4.06. The number of aromatic nitrogens is 2. The Labute approximate surface area is 170 Å². The Balaban J connectivity index is 1.76. The van der Waals surface area contributed by atoms with Crippen molar-refractivity contribution in [3.8, 4) is 5.75 Å². The summed E-state index contributed by atoms with van der Waals surface area (Å²) in [6.45, 7) is 4.12. The van der Waals surface area contributed by atoms with Gasteiger partial charge in [-0.05, 0) is 43.5 Å². The normalized spacial score (nSPS) is 15.6. The quantitative estimate of drug-likeness (QED) is 0.637. The highest BCUT2D eigenvalue weighted by Gasteiger charge is 2.28. The number of anilines is 4. The number of hydrogen-bond acceptors (Lipinski definition) is 6. The predicted molar refractivity (Wildman–Crippen MR) is 115 cm³/mol. The van der Waals surface area contributed by atoms with Gasteiger partial charge in [-0.15, -0.1) is 0 Å². The Morgan fingerprint density at radius 3 is 2.52 bits per heavy atom. The number of benzene rings is 2. The molecule has 0 bridgehead atoms. The van der Waals surface area contributed by atoms with Crippen molar-refractivity contribution in [1.82, 2.24) is 9.97 Å². The number of carbonyl (C=O) groups is 1. The zero-order valence-electron chi connectivity index (χ0n) is 16.8. The van der Waals surface area contributed by atoms with Crippen molar-refractivity contribution in [2.45, 2.75) is 26.7 Å². The molecule has 29 heavy (non-hydrogen) atoms. The molecule has 1 aliphatic carbocycles. The van der Waals surface area contributed by atoms with E-state index in [2.05, 4.69) is 27.5 Å². The maximum atomic E-state index is 12.8. The summed E-state index contributed by atoms with van der Waals surface area (Å²) in [6.07, 6.45) is 1.24. The van der Waals surface area contributed by atoms with E-state index in [1.807, 2.05) is 55.5 Å². The number of fused-ring (bicyclic) bond motifs is 1. The molecule has 1 heterocycles. The van der Waals surface area contributed by atoms with Crippen molar-refractivity contribution in [1.29, 1.82) is 0 Å². The highest BCUT2D eigenvalue weighted by atomic mass is 16.5. The molecular formula is C23H24N4O2. The summed E-state index contributed by atoms with van der Waals surface area (Å²) in [4.78, 5) is 22.1. The second-order valence-corrected chi connectivity index (χ2v) is 7.47. The van der Waals surface area contributed by atoms with Crippen LogP contribution in [-0.2, 0) is 6.42 Å². The molecule has 0 spiro atoms. The molecule has 6 heteroatoms. The van der Waals surface area contributed by atoms with E-state index in [1.165, 1.54) is 5.56 Å². The summed E-state index contributed by atoms with van der Waals surface area (Å²) in [6, 6.07) is 15.6. The van der Waals surface area contributed by atoms with Gasteiger partial charge in [0.05, 0.1) is 24.1 Å². The minimum absolute atomic E-state index is 0.0676. The lowest BCUT2D eigenvalue weighted by Crippen LogP contribution is -2.22. The summed E-state index contributed by atoms with van der Waals surface area (Å²) in [5.74, 6) is 1.98. The second-order valence-electron chi connectivity index (χ2n) is 7.47. The summed E-state index contributed by atoms with van der Waals surface area (Å²) < 4.78 is 5.44. The van der Waals surface area contributed by atoms with E-state index >= 15 is 0 Å². The van der Waals surface area contributed by atoms with Crippen molar-refractivity contribution in [3.63, 3.8) is 0 Å². The van der Waals surface area contributed by atoms with E-state index in [9.17, 15) is 4.79 Å². The molecule has 1 unspecified atom stereocenters. The van der Waals surface area contributed by atoms with E-state index in [0.29, 0.717) is 29.5 Å². The molecule has 1 atom stereocenters.